The van der Waals surface area contributed by atoms with E-state index in [1.165, 1.54) is 16.9 Å². The number of thiophene rings is 1. The van der Waals surface area contributed by atoms with E-state index in [-0.39, 0.29) is 5.75 Å². The van der Waals surface area contributed by atoms with E-state index in [4.69, 9.17) is 21.3 Å². The zero-order chi connectivity index (χ0) is 25.0. The zero-order valence-corrected chi connectivity index (χ0v) is 22.7. The first-order chi connectivity index (χ1) is 16.8. The topological polar surface area (TPSA) is 96.4 Å². The smallest absolute Gasteiger partial charge is 0.218 e. The maximum atomic E-state index is 12.7. The molecule has 35 heavy (non-hydrogen) atoms. The van der Waals surface area contributed by atoms with Crippen molar-refractivity contribution < 1.29 is 13.2 Å². The fourth-order valence-corrected chi connectivity index (χ4v) is 6.83. The van der Waals surface area contributed by atoms with Crippen molar-refractivity contribution in [2.24, 2.45) is 0 Å². The van der Waals surface area contributed by atoms with E-state index < -0.39 is 10.0 Å². The number of fused-ring (bicyclic) bond motifs is 3. The lowest BCUT2D eigenvalue weighted by Gasteiger charge is -2.14. The highest BCUT2D eigenvalue weighted by molar-refractivity contribution is 7.88. The van der Waals surface area contributed by atoms with E-state index in [0.717, 1.165) is 48.0 Å². The zero-order valence-electron chi connectivity index (χ0n) is 20.4. The van der Waals surface area contributed by atoms with Crippen molar-refractivity contribution in [3.63, 3.8) is 0 Å². The van der Waals surface area contributed by atoms with Gasteiger partial charge >= 0.3 is 0 Å². The van der Waals surface area contributed by atoms with Crippen LogP contribution in [0.15, 0.2) is 18.2 Å². The third-order valence-corrected chi connectivity index (χ3v) is 8.72. The van der Waals surface area contributed by atoms with Gasteiger partial charge in [-0.1, -0.05) is 17.7 Å². The molecule has 0 saturated carbocycles. The van der Waals surface area contributed by atoms with Crippen LogP contribution < -0.4 is 14.8 Å². The van der Waals surface area contributed by atoms with Gasteiger partial charge in [0.25, 0.3) is 0 Å². The number of aromatic nitrogens is 2. The van der Waals surface area contributed by atoms with E-state index in [2.05, 4.69) is 15.0 Å². The van der Waals surface area contributed by atoms with Crippen molar-refractivity contribution in [3.05, 3.63) is 45.1 Å². The summed E-state index contributed by atoms with van der Waals surface area (Å²) < 4.78 is 33.4. The lowest BCUT2D eigenvalue weighted by molar-refractivity contribution is 0.400. The number of nitrogens with one attached hydrogen (secondary N) is 2. The Balaban J connectivity index is 1.59. The van der Waals surface area contributed by atoms with E-state index in [9.17, 15) is 8.42 Å². The Kier molecular flexibility index (Phi) is 8.49. The van der Waals surface area contributed by atoms with Crippen molar-refractivity contribution in [1.82, 2.24) is 19.6 Å². The third-order valence-electron chi connectivity index (χ3n) is 5.96. The minimum atomic E-state index is -3.55. The van der Waals surface area contributed by atoms with Crippen LogP contribution in [0.4, 0.5) is 5.82 Å². The second-order valence-electron chi connectivity index (χ2n) is 9.01. The number of aryl methyl sites for hydroxylation is 2. The SMILES string of the molecule is COc1ccc(CNc2nc(CS(=O)(=O)NCCCN(C)C)nc3sc4c(c23)CCCC4)cc1Cl. The van der Waals surface area contributed by atoms with Gasteiger partial charge in [-0.05, 0) is 76.0 Å². The van der Waals surface area contributed by atoms with Gasteiger partial charge in [0.05, 0.1) is 17.5 Å². The Morgan fingerprint density at radius 1 is 1.20 bits per heavy atom. The van der Waals surface area contributed by atoms with Gasteiger partial charge in [0.15, 0.2) is 0 Å². The van der Waals surface area contributed by atoms with Crippen molar-refractivity contribution in [2.45, 2.75) is 44.4 Å². The molecule has 190 valence electrons. The highest BCUT2D eigenvalue weighted by Gasteiger charge is 2.23. The molecule has 8 nitrogen and oxygen atoms in total. The summed E-state index contributed by atoms with van der Waals surface area (Å²) in [5.74, 6) is 1.35. The number of benzene rings is 1. The predicted molar refractivity (Wildman–Crippen MR) is 143 cm³/mol. The van der Waals surface area contributed by atoms with Gasteiger partial charge in [0.2, 0.25) is 10.0 Å². The average Bonchev–Trinajstić information content (AvgIpc) is 3.18. The molecule has 0 bridgehead atoms. The molecule has 3 aromatic rings. The Hall–Kier alpha value is -1.98. The monoisotopic (exact) mass is 537 g/mol. The summed E-state index contributed by atoms with van der Waals surface area (Å²) >= 11 is 7.96. The number of hydrogen-bond acceptors (Lipinski definition) is 8. The number of nitrogens with zero attached hydrogens (tertiary/aromatic N) is 3. The van der Waals surface area contributed by atoms with Gasteiger partial charge in [-0.2, -0.15) is 0 Å². The van der Waals surface area contributed by atoms with Gasteiger partial charge in [-0.25, -0.2) is 23.1 Å². The molecule has 1 aliphatic carbocycles. The second-order valence-corrected chi connectivity index (χ2v) is 12.3. The molecule has 0 fully saturated rings. The van der Waals surface area contributed by atoms with Crippen LogP contribution in [0.2, 0.25) is 5.02 Å². The summed E-state index contributed by atoms with van der Waals surface area (Å²) in [7, 11) is 1.97. The Morgan fingerprint density at radius 3 is 2.74 bits per heavy atom. The van der Waals surface area contributed by atoms with Crippen LogP contribution in [0.5, 0.6) is 5.75 Å². The number of rotatable bonds is 11. The average molecular weight is 538 g/mol. The molecule has 1 aromatic carbocycles. The summed E-state index contributed by atoms with van der Waals surface area (Å²) in [5.41, 5.74) is 2.27. The number of methoxy groups -OCH3 is 1. The summed E-state index contributed by atoms with van der Waals surface area (Å²) in [4.78, 5) is 13.6. The normalized spacial score (nSPS) is 13.9. The minimum absolute atomic E-state index is 0.253. The maximum Gasteiger partial charge on any atom is 0.218 e. The molecule has 2 heterocycles. The summed E-state index contributed by atoms with van der Waals surface area (Å²) in [6.07, 6.45) is 5.07. The summed E-state index contributed by atoms with van der Waals surface area (Å²) in [5, 5.41) is 4.99. The molecule has 2 N–H and O–H groups in total. The molecule has 0 saturated heterocycles. The van der Waals surface area contributed by atoms with Crippen molar-refractivity contribution in [2.75, 3.05) is 39.6 Å². The first-order valence-corrected chi connectivity index (χ1v) is 14.6. The molecule has 0 amide bonds. The van der Waals surface area contributed by atoms with Gasteiger partial charge in [0, 0.05) is 18.0 Å². The van der Waals surface area contributed by atoms with Crippen molar-refractivity contribution in [1.29, 1.82) is 0 Å². The third kappa shape index (κ3) is 6.62. The number of sulfonamides is 1. The minimum Gasteiger partial charge on any atom is -0.495 e. The molecule has 0 aliphatic heterocycles. The molecule has 11 heteroatoms. The van der Waals surface area contributed by atoms with Crippen LogP contribution in [-0.4, -0.2) is 57.6 Å². The van der Waals surface area contributed by atoms with Gasteiger partial charge in [-0.15, -0.1) is 11.3 Å². The number of anilines is 1. The van der Waals surface area contributed by atoms with Crippen LogP contribution in [0, 0.1) is 0 Å². The van der Waals surface area contributed by atoms with E-state index in [1.807, 2.05) is 37.2 Å². The van der Waals surface area contributed by atoms with Gasteiger partial charge in [0.1, 0.15) is 28.0 Å². The number of halogens is 1. The molecule has 0 radical (unpaired) electrons. The summed E-state index contributed by atoms with van der Waals surface area (Å²) in [6, 6.07) is 5.64. The van der Waals surface area contributed by atoms with Crippen molar-refractivity contribution in [3.8, 4) is 5.75 Å². The van der Waals surface area contributed by atoms with Crippen LogP contribution >= 0.6 is 22.9 Å². The van der Waals surface area contributed by atoms with Crippen LogP contribution in [0.1, 0.15) is 41.1 Å². The predicted octanol–water partition coefficient (Wildman–Crippen LogP) is 4.22. The first kappa shape index (κ1) is 26.1. The maximum absolute atomic E-state index is 12.7. The fraction of sp³-hybridized carbons (Fsp3) is 0.500. The van der Waals surface area contributed by atoms with Crippen LogP contribution in [-0.2, 0) is 35.2 Å². The molecule has 0 unspecified atom stereocenters. The van der Waals surface area contributed by atoms with E-state index in [0.29, 0.717) is 35.5 Å². The molecular weight excluding hydrogens is 506 g/mol. The lowest BCUT2D eigenvalue weighted by atomic mass is 9.97. The summed E-state index contributed by atoms with van der Waals surface area (Å²) in [6.45, 7) is 1.70. The molecule has 0 spiro atoms. The number of hydrogen-bond donors (Lipinski definition) is 2. The Bertz CT molecular complexity index is 1290. The second kappa shape index (κ2) is 11.4. The van der Waals surface area contributed by atoms with E-state index >= 15 is 0 Å². The van der Waals surface area contributed by atoms with Gasteiger partial charge in [-0.3, -0.25) is 0 Å². The van der Waals surface area contributed by atoms with Crippen molar-refractivity contribution >= 4 is 49.0 Å². The number of ether oxygens (including phenoxy) is 1. The molecule has 0 atom stereocenters. The van der Waals surface area contributed by atoms with E-state index in [1.54, 1.807) is 18.4 Å². The standard InChI is InChI=1S/C24H32ClN5O3S2/c1-30(2)12-6-11-27-35(31,32)15-21-28-23(26-14-16-9-10-19(33-3)18(25)13-16)22-17-7-4-5-8-20(17)34-24(22)29-21/h9-10,13,27H,4-8,11-12,14-15H2,1-3H3,(H,26,28,29). The Labute approximate surface area is 216 Å². The van der Waals surface area contributed by atoms with Crippen LogP contribution in [0.25, 0.3) is 10.2 Å². The highest BCUT2D eigenvalue weighted by Crippen LogP contribution is 2.39. The lowest BCUT2D eigenvalue weighted by Crippen LogP contribution is -2.29. The first-order valence-electron chi connectivity index (χ1n) is 11.8. The van der Waals surface area contributed by atoms with Gasteiger partial charge < -0.3 is 15.0 Å². The largest absolute Gasteiger partial charge is 0.495 e. The molecule has 1 aliphatic rings. The highest BCUT2D eigenvalue weighted by atomic mass is 35.5. The molecule has 4 rings (SSSR count). The quantitative estimate of drug-likeness (QED) is 0.353. The Morgan fingerprint density at radius 2 is 2.00 bits per heavy atom. The molecule has 2 aromatic heterocycles. The van der Waals surface area contributed by atoms with Crippen LogP contribution in [0.3, 0.4) is 0 Å². The molecular formula is C24H32ClN5O3S2. The fourth-order valence-electron chi connectivity index (χ4n) is 4.24.